The van der Waals surface area contributed by atoms with E-state index in [1.54, 1.807) is 23.1 Å². The Morgan fingerprint density at radius 3 is 2.70 bits per heavy atom. The number of thioether (sulfide) groups is 1. The van der Waals surface area contributed by atoms with Gasteiger partial charge in [-0.1, -0.05) is 36.0 Å². The number of aromatic nitrogens is 1. The van der Waals surface area contributed by atoms with Gasteiger partial charge in [0.2, 0.25) is 5.52 Å². The first-order valence-corrected chi connectivity index (χ1v) is 14.5. The molecule has 4 aromatic rings. The van der Waals surface area contributed by atoms with Crippen LogP contribution in [-0.4, -0.2) is 18.3 Å². The number of thiazole rings is 1. The summed E-state index contributed by atoms with van der Waals surface area (Å²) >= 11 is 3.47. The largest absolute Gasteiger partial charge is 1.00 e. The van der Waals surface area contributed by atoms with Crippen LogP contribution in [0.1, 0.15) is 47.7 Å². The van der Waals surface area contributed by atoms with Gasteiger partial charge in [0.15, 0.2) is 6.54 Å². The van der Waals surface area contributed by atoms with Gasteiger partial charge in [-0.15, -0.1) is 11.8 Å². The molecule has 1 saturated carbocycles. The first-order valence-electron chi connectivity index (χ1n) is 12.5. The smallest absolute Gasteiger partial charge is 0.550 e. The quantitative estimate of drug-likeness (QED) is 0.207. The summed E-state index contributed by atoms with van der Waals surface area (Å²) in [5.74, 6) is -0.448. The number of anilines is 2. The summed E-state index contributed by atoms with van der Waals surface area (Å²) in [6.45, 7) is 0.407. The number of carboxylic acid groups (broad SMARTS) is 1. The van der Waals surface area contributed by atoms with Crippen molar-refractivity contribution in [2.45, 2.75) is 49.1 Å². The topological polar surface area (TPSA) is 47.2 Å². The Labute approximate surface area is 248 Å². The van der Waals surface area contributed by atoms with Crippen LogP contribution in [0.2, 0.25) is 0 Å². The van der Waals surface area contributed by atoms with Crippen LogP contribution < -0.4 is 44.1 Å². The van der Waals surface area contributed by atoms with E-state index in [-0.39, 0.29) is 36.0 Å². The fourth-order valence-electron chi connectivity index (χ4n) is 5.84. The van der Waals surface area contributed by atoms with Crippen molar-refractivity contribution in [2.24, 2.45) is 0 Å². The maximum Gasteiger partial charge on any atom is 1.00 e. The molecule has 1 aliphatic carbocycles. The minimum absolute atomic E-state index is 0. The van der Waals surface area contributed by atoms with Gasteiger partial charge in [0.25, 0.3) is 5.01 Å². The van der Waals surface area contributed by atoms with Crippen LogP contribution in [0.3, 0.4) is 0 Å². The normalized spacial score (nSPS) is 18.2. The van der Waals surface area contributed by atoms with Crippen molar-refractivity contribution in [2.75, 3.05) is 11.2 Å². The molecular weight excluding hydrogens is 507 g/mol. The Morgan fingerprint density at radius 1 is 1.11 bits per heavy atom. The number of hydrogen-bond acceptors (Lipinski definition) is 5. The monoisotopic (exact) mass is 535 g/mol. The fourth-order valence-corrected chi connectivity index (χ4v) is 7.33. The molecule has 0 amide bonds. The maximum atomic E-state index is 11.1. The number of benzene rings is 3. The van der Waals surface area contributed by atoms with Gasteiger partial charge in [-0.3, -0.25) is 0 Å². The average molecular weight is 536 g/mol. The van der Waals surface area contributed by atoms with Crippen LogP contribution in [-0.2, 0) is 11.3 Å². The zero-order valence-corrected chi connectivity index (χ0v) is 24.9. The molecule has 0 bridgehead atoms. The van der Waals surface area contributed by atoms with Crippen molar-refractivity contribution in [3.05, 3.63) is 82.9 Å². The van der Waals surface area contributed by atoms with Gasteiger partial charge in [0.05, 0.1) is 0 Å². The molecule has 7 heteroatoms. The van der Waals surface area contributed by atoms with Gasteiger partial charge in [-0.2, -0.15) is 4.57 Å². The summed E-state index contributed by atoms with van der Waals surface area (Å²) in [6, 6.07) is 24.5. The summed E-state index contributed by atoms with van der Waals surface area (Å²) in [5.41, 5.74) is 6.32. The number of para-hydroxylation sites is 1. The molecular formula is C30H28N2NaO2S2+. The molecule has 182 valence electrons. The van der Waals surface area contributed by atoms with E-state index in [0.29, 0.717) is 18.5 Å². The second-order valence-corrected chi connectivity index (χ2v) is 11.4. The molecule has 1 fully saturated rings. The van der Waals surface area contributed by atoms with Crippen LogP contribution in [0.25, 0.3) is 22.4 Å². The number of nitrogens with zero attached hydrogens (tertiary/aromatic N) is 2. The molecule has 2 heterocycles. The molecule has 1 aromatic heterocycles. The van der Waals surface area contributed by atoms with Crippen molar-refractivity contribution in [3.63, 3.8) is 0 Å². The first-order chi connectivity index (χ1) is 17.6. The zero-order chi connectivity index (χ0) is 24.6. The van der Waals surface area contributed by atoms with Gasteiger partial charge in [0.1, 0.15) is 4.70 Å². The second-order valence-electron chi connectivity index (χ2n) is 9.51. The van der Waals surface area contributed by atoms with E-state index in [1.165, 1.54) is 46.7 Å². The Morgan fingerprint density at radius 2 is 1.92 bits per heavy atom. The van der Waals surface area contributed by atoms with Crippen LogP contribution in [0.4, 0.5) is 11.4 Å². The number of hydrogen-bond donors (Lipinski definition) is 0. The van der Waals surface area contributed by atoms with Gasteiger partial charge < -0.3 is 14.8 Å². The molecule has 0 radical (unpaired) electrons. The number of carbonyl (C=O) groups excluding carboxylic acids is 1. The third-order valence-electron chi connectivity index (χ3n) is 7.47. The fraction of sp³-hybridized carbons (Fsp3) is 0.267. The zero-order valence-electron chi connectivity index (χ0n) is 21.2. The molecule has 4 nitrogen and oxygen atoms in total. The van der Waals surface area contributed by atoms with Crippen molar-refractivity contribution >= 4 is 62.8 Å². The molecule has 0 saturated heterocycles. The minimum atomic E-state index is -1.02. The van der Waals surface area contributed by atoms with Crippen LogP contribution in [0.5, 0.6) is 0 Å². The van der Waals surface area contributed by atoms with E-state index in [2.05, 4.69) is 76.4 Å². The average Bonchev–Trinajstić information content (AvgIpc) is 3.59. The summed E-state index contributed by atoms with van der Waals surface area (Å²) in [4.78, 5) is 15.0. The van der Waals surface area contributed by atoms with Crippen LogP contribution >= 0.6 is 23.1 Å². The SMILES string of the molecule is CSc1ccc(N2c3ccc(/C=C/c4sc5ccccc5[n+]4CCC(=O)[O-])cc3C3CCCC32)cc1.[Na+]. The van der Waals surface area contributed by atoms with E-state index in [1.807, 2.05) is 18.2 Å². The number of carbonyl (C=O) groups is 1. The van der Waals surface area contributed by atoms with Gasteiger partial charge in [-0.05, 0) is 78.8 Å². The third kappa shape index (κ3) is 5.15. The van der Waals surface area contributed by atoms with E-state index in [4.69, 9.17) is 0 Å². The minimum Gasteiger partial charge on any atom is -0.550 e. The van der Waals surface area contributed by atoms with Crippen molar-refractivity contribution in [1.29, 1.82) is 0 Å². The van der Waals surface area contributed by atoms with E-state index in [0.717, 1.165) is 15.2 Å². The van der Waals surface area contributed by atoms with Crippen molar-refractivity contribution in [1.82, 2.24) is 0 Å². The molecule has 0 spiro atoms. The van der Waals surface area contributed by atoms with Crippen LogP contribution in [0, 0.1) is 0 Å². The summed E-state index contributed by atoms with van der Waals surface area (Å²) < 4.78 is 3.24. The summed E-state index contributed by atoms with van der Waals surface area (Å²) in [5, 5.41) is 12.2. The number of carboxylic acids is 1. The Kier molecular flexibility index (Phi) is 8.13. The maximum absolute atomic E-state index is 11.1. The summed E-state index contributed by atoms with van der Waals surface area (Å²) in [6.07, 6.45) is 10.2. The molecule has 37 heavy (non-hydrogen) atoms. The molecule has 6 rings (SSSR count). The van der Waals surface area contributed by atoms with E-state index >= 15 is 0 Å². The first kappa shape index (κ1) is 26.5. The molecule has 2 atom stereocenters. The molecule has 3 aromatic carbocycles. The van der Waals surface area contributed by atoms with Crippen LogP contribution in [0.15, 0.2) is 71.6 Å². The molecule has 1 aliphatic heterocycles. The van der Waals surface area contributed by atoms with E-state index < -0.39 is 5.97 Å². The Bertz CT molecular complexity index is 1460. The number of aliphatic carboxylic acids is 1. The van der Waals surface area contributed by atoms with Gasteiger partial charge in [-0.25, -0.2) is 0 Å². The number of rotatable bonds is 7. The predicted octanol–water partition coefficient (Wildman–Crippen LogP) is 3.01. The molecule has 0 N–H and O–H groups in total. The number of aryl methyl sites for hydroxylation is 1. The second kappa shape index (κ2) is 11.3. The Hall–Kier alpha value is -2.09. The van der Waals surface area contributed by atoms with Crippen molar-refractivity contribution < 1.29 is 44.0 Å². The predicted molar refractivity (Wildman–Crippen MR) is 148 cm³/mol. The van der Waals surface area contributed by atoms with Gasteiger partial charge >= 0.3 is 29.6 Å². The number of fused-ring (bicyclic) bond motifs is 4. The third-order valence-corrected chi connectivity index (χ3v) is 9.34. The van der Waals surface area contributed by atoms with E-state index in [9.17, 15) is 9.90 Å². The van der Waals surface area contributed by atoms with Gasteiger partial charge in [0, 0.05) is 52.8 Å². The Balaban J connectivity index is 0.00000280. The molecule has 2 aliphatic rings. The summed E-state index contributed by atoms with van der Waals surface area (Å²) in [7, 11) is 0. The standard InChI is InChI=1S/C30H28N2O2S2.Na/c1-35-22-13-11-21(12-14-22)32-25-7-4-5-23(25)24-19-20(9-15-26(24)32)10-16-29-31(18-17-30(33)34)27-6-2-3-8-28(27)36-29;/h2-3,6,8-16,19,23,25H,4-5,7,17-18H2,1H3;/q;+1. The molecule has 2 unspecified atom stereocenters. The van der Waals surface area contributed by atoms with Crippen molar-refractivity contribution in [3.8, 4) is 0 Å².